The molecular weight excluding hydrogens is 280 g/mol. The first kappa shape index (κ1) is 15.1. The molecule has 0 unspecified atom stereocenters. The minimum absolute atomic E-state index is 0.357. The third-order valence-corrected chi connectivity index (χ3v) is 3.29. The molecule has 0 amide bonds. The smallest absolute Gasteiger partial charge is 0.146 e. The maximum Gasteiger partial charge on any atom is 0.146 e. The van der Waals surface area contributed by atoms with Crippen LogP contribution in [0, 0.1) is 0 Å². The molecule has 2 aromatic rings. The molecule has 5 nitrogen and oxygen atoms in total. The maximum atomic E-state index is 5.98. The highest BCUT2D eigenvalue weighted by Gasteiger charge is 2.13. The summed E-state index contributed by atoms with van der Waals surface area (Å²) in [7, 11) is 3.30. The molecule has 0 saturated heterocycles. The maximum absolute atomic E-state index is 5.98. The fraction of sp³-hybridized carbons (Fsp3) is 0.500. The fourth-order valence-electron chi connectivity index (χ4n) is 2.09. The Labute approximate surface area is 123 Å². The first-order chi connectivity index (χ1) is 9.81. The van der Waals surface area contributed by atoms with Gasteiger partial charge in [-0.05, 0) is 12.1 Å². The minimum atomic E-state index is 0.357. The number of para-hydroxylation sites is 1. The van der Waals surface area contributed by atoms with E-state index in [1.807, 2.05) is 18.2 Å². The quantitative estimate of drug-likeness (QED) is 0.555. The third kappa shape index (κ3) is 3.23. The third-order valence-electron chi connectivity index (χ3n) is 3.05. The normalized spacial score (nSPS) is 11.2. The zero-order valence-electron chi connectivity index (χ0n) is 11.8. The molecule has 20 heavy (non-hydrogen) atoms. The van der Waals surface area contributed by atoms with Crippen molar-refractivity contribution in [2.24, 2.45) is 0 Å². The van der Waals surface area contributed by atoms with E-state index in [1.54, 1.807) is 14.2 Å². The van der Waals surface area contributed by atoms with Crippen LogP contribution in [0.1, 0.15) is 5.82 Å². The van der Waals surface area contributed by atoms with Crippen molar-refractivity contribution >= 4 is 22.6 Å². The molecule has 0 N–H and O–H groups in total. The van der Waals surface area contributed by atoms with E-state index in [0.29, 0.717) is 32.2 Å². The van der Waals surface area contributed by atoms with Crippen LogP contribution in [0.25, 0.3) is 11.0 Å². The van der Waals surface area contributed by atoms with Crippen LogP contribution < -0.4 is 4.74 Å². The van der Waals surface area contributed by atoms with E-state index in [9.17, 15) is 0 Å². The summed E-state index contributed by atoms with van der Waals surface area (Å²) in [6, 6.07) is 5.85. The first-order valence-electron chi connectivity index (χ1n) is 6.46. The number of benzene rings is 1. The van der Waals surface area contributed by atoms with Crippen LogP contribution in [0.4, 0.5) is 0 Å². The molecule has 6 heteroatoms. The van der Waals surface area contributed by atoms with Gasteiger partial charge in [-0.2, -0.15) is 0 Å². The summed E-state index contributed by atoms with van der Waals surface area (Å²) in [5.41, 5.74) is 1.85. The molecule has 1 aromatic carbocycles. The topological polar surface area (TPSA) is 45.5 Å². The Kier molecular flexibility index (Phi) is 5.64. The van der Waals surface area contributed by atoms with E-state index in [2.05, 4.69) is 9.55 Å². The number of alkyl halides is 1. The molecule has 110 valence electrons. The van der Waals surface area contributed by atoms with Gasteiger partial charge in [0.1, 0.15) is 17.1 Å². The second-order valence-corrected chi connectivity index (χ2v) is 4.51. The molecule has 0 radical (unpaired) electrons. The summed E-state index contributed by atoms with van der Waals surface area (Å²) in [6.45, 7) is 2.48. The van der Waals surface area contributed by atoms with Gasteiger partial charge in [0.05, 0.1) is 38.3 Å². The van der Waals surface area contributed by atoms with Gasteiger partial charge in [-0.25, -0.2) is 4.98 Å². The number of methoxy groups -OCH3 is 2. The van der Waals surface area contributed by atoms with Gasteiger partial charge in [0.15, 0.2) is 0 Å². The van der Waals surface area contributed by atoms with Gasteiger partial charge in [0.2, 0.25) is 0 Å². The average Bonchev–Trinajstić information content (AvgIpc) is 2.85. The molecule has 0 aliphatic heterocycles. The molecule has 0 saturated carbocycles. The standard InChI is InChI=1S/C14H19ClN2O3/c1-18-8-9-20-7-6-17-11-4-3-5-12(19-2)14(11)16-13(17)10-15/h3-5H,6-10H2,1-2H3. The summed E-state index contributed by atoms with van der Waals surface area (Å²) >= 11 is 5.98. The summed E-state index contributed by atoms with van der Waals surface area (Å²) in [5.74, 6) is 1.94. The molecule has 1 heterocycles. The Morgan fingerprint density at radius 3 is 2.75 bits per heavy atom. The molecule has 0 aliphatic rings. The van der Waals surface area contributed by atoms with Crippen LogP contribution in [0.5, 0.6) is 5.75 Å². The molecule has 2 rings (SSSR count). The average molecular weight is 299 g/mol. The highest BCUT2D eigenvalue weighted by molar-refractivity contribution is 6.16. The number of ether oxygens (including phenoxy) is 3. The highest BCUT2D eigenvalue weighted by Crippen LogP contribution is 2.26. The van der Waals surface area contributed by atoms with E-state index < -0.39 is 0 Å². The monoisotopic (exact) mass is 298 g/mol. The van der Waals surface area contributed by atoms with Crippen LogP contribution in [-0.2, 0) is 21.9 Å². The van der Waals surface area contributed by atoms with Crippen LogP contribution in [0.15, 0.2) is 18.2 Å². The van der Waals surface area contributed by atoms with E-state index in [1.165, 1.54) is 0 Å². The van der Waals surface area contributed by atoms with Gasteiger partial charge in [0.25, 0.3) is 0 Å². The Morgan fingerprint density at radius 1 is 1.20 bits per heavy atom. The number of hydrogen-bond acceptors (Lipinski definition) is 4. The van der Waals surface area contributed by atoms with Gasteiger partial charge in [0, 0.05) is 13.7 Å². The zero-order valence-corrected chi connectivity index (χ0v) is 12.5. The SMILES string of the molecule is COCCOCCn1c(CCl)nc2c(OC)cccc21. The van der Waals surface area contributed by atoms with Crippen LogP contribution in [0.3, 0.4) is 0 Å². The van der Waals surface area contributed by atoms with Crippen molar-refractivity contribution in [2.45, 2.75) is 12.4 Å². The lowest BCUT2D eigenvalue weighted by molar-refractivity contribution is 0.0667. The van der Waals surface area contributed by atoms with Gasteiger partial charge < -0.3 is 18.8 Å². The van der Waals surface area contributed by atoms with Crippen molar-refractivity contribution in [3.8, 4) is 5.75 Å². The minimum Gasteiger partial charge on any atom is -0.494 e. The number of aromatic nitrogens is 2. The number of hydrogen-bond donors (Lipinski definition) is 0. The van der Waals surface area contributed by atoms with Crippen LogP contribution in [0.2, 0.25) is 0 Å². The Hall–Kier alpha value is -1.30. The van der Waals surface area contributed by atoms with Crippen molar-refractivity contribution in [2.75, 3.05) is 34.0 Å². The zero-order chi connectivity index (χ0) is 14.4. The van der Waals surface area contributed by atoms with Crippen LogP contribution in [-0.4, -0.2) is 43.6 Å². The van der Waals surface area contributed by atoms with Gasteiger partial charge >= 0.3 is 0 Å². The highest BCUT2D eigenvalue weighted by atomic mass is 35.5. The van der Waals surface area contributed by atoms with Gasteiger partial charge in [-0.3, -0.25) is 0 Å². The predicted octanol–water partition coefficient (Wildman–Crippen LogP) is 2.45. The Balaban J connectivity index is 2.18. The fourth-order valence-corrected chi connectivity index (χ4v) is 2.29. The molecule has 1 aromatic heterocycles. The molecular formula is C14H19ClN2O3. The summed E-state index contributed by atoms with van der Waals surface area (Å²) in [4.78, 5) is 4.54. The lowest BCUT2D eigenvalue weighted by atomic mass is 10.3. The van der Waals surface area contributed by atoms with Crippen molar-refractivity contribution in [1.82, 2.24) is 9.55 Å². The molecule has 0 atom stereocenters. The molecule has 0 bridgehead atoms. The van der Waals surface area contributed by atoms with Gasteiger partial charge in [-0.1, -0.05) is 6.07 Å². The number of nitrogens with zero attached hydrogens (tertiary/aromatic N) is 2. The summed E-state index contributed by atoms with van der Waals surface area (Å²) < 4.78 is 17.8. The van der Waals surface area contributed by atoms with Crippen molar-refractivity contribution in [3.63, 3.8) is 0 Å². The number of rotatable bonds is 8. The van der Waals surface area contributed by atoms with Crippen molar-refractivity contribution < 1.29 is 14.2 Å². The van der Waals surface area contributed by atoms with Crippen molar-refractivity contribution in [3.05, 3.63) is 24.0 Å². The van der Waals surface area contributed by atoms with E-state index >= 15 is 0 Å². The Bertz CT molecular complexity index is 557. The van der Waals surface area contributed by atoms with Crippen molar-refractivity contribution in [1.29, 1.82) is 0 Å². The summed E-state index contributed by atoms with van der Waals surface area (Å²) in [5, 5.41) is 0. The lowest BCUT2D eigenvalue weighted by Crippen LogP contribution is -2.11. The lowest BCUT2D eigenvalue weighted by Gasteiger charge is -2.08. The Morgan fingerprint density at radius 2 is 2.05 bits per heavy atom. The van der Waals surface area contributed by atoms with Gasteiger partial charge in [-0.15, -0.1) is 11.6 Å². The summed E-state index contributed by atoms with van der Waals surface area (Å²) in [6.07, 6.45) is 0. The van der Waals surface area contributed by atoms with E-state index in [0.717, 1.165) is 22.6 Å². The molecule has 0 spiro atoms. The van der Waals surface area contributed by atoms with Crippen LogP contribution >= 0.6 is 11.6 Å². The van der Waals surface area contributed by atoms with E-state index in [4.69, 9.17) is 25.8 Å². The predicted molar refractivity (Wildman–Crippen MR) is 78.5 cm³/mol. The number of halogens is 1. The molecule has 0 aliphatic carbocycles. The second-order valence-electron chi connectivity index (χ2n) is 4.25. The number of imidazole rings is 1. The largest absolute Gasteiger partial charge is 0.494 e. The second kappa shape index (κ2) is 7.47. The van der Waals surface area contributed by atoms with E-state index in [-0.39, 0.29) is 0 Å². The number of fused-ring (bicyclic) bond motifs is 1. The first-order valence-corrected chi connectivity index (χ1v) is 7.00. The molecule has 0 fully saturated rings.